The van der Waals surface area contributed by atoms with Gasteiger partial charge in [0.1, 0.15) is 6.61 Å². The van der Waals surface area contributed by atoms with Gasteiger partial charge >= 0.3 is 5.97 Å². The second kappa shape index (κ2) is 9.82. The van der Waals surface area contributed by atoms with E-state index >= 15 is 0 Å². The van der Waals surface area contributed by atoms with E-state index in [9.17, 15) is 14.4 Å². The molecular weight excluding hydrogens is 382 g/mol. The Morgan fingerprint density at radius 2 is 1.77 bits per heavy atom. The first kappa shape index (κ1) is 21.2. The van der Waals surface area contributed by atoms with Crippen LogP contribution < -0.4 is 10.9 Å². The number of benzene rings is 2. The highest BCUT2D eigenvalue weighted by Crippen LogP contribution is 2.13. The Hall–Kier alpha value is -3.48. The number of aryl methyl sites for hydroxylation is 3. The average molecular weight is 407 g/mol. The lowest BCUT2D eigenvalue weighted by Gasteiger charge is -2.09. The standard InChI is InChI=1S/C23H25N3O4/c1-16-7-9-17(10-8-16)11-12-21(27)24-13-14-30-22(28)15-20-18-5-3-4-6-19(18)23(29)26(2)25-20/h3-10H,11-15H2,1-2H3,(H,24,27). The van der Waals surface area contributed by atoms with Gasteiger partial charge in [0.25, 0.3) is 5.56 Å². The van der Waals surface area contributed by atoms with Gasteiger partial charge in [-0.1, -0.05) is 48.0 Å². The smallest absolute Gasteiger partial charge is 0.312 e. The van der Waals surface area contributed by atoms with Gasteiger partial charge in [-0.15, -0.1) is 0 Å². The molecule has 3 aromatic rings. The van der Waals surface area contributed by atoms with Crippen molar-refractivity contribution in [2.24, 2.45) is 7.05 Å². The molecule has 0 saturated heterocycles. The second-order valence-electron chi connectivity index (χ2n) is 7.15. The number of amides is 1. The number of esters is 1. The van der Waals surface area contributed by atoms with Crippen LogP contribution in [0.1, 0.15) is 23.2 Å². The monoisotopic (exact) mass is 407 g/mol. The Balaban J connectivity index is 1.44. The van der Waals surface area contributed by atoms with Gasteiger partial charge in [-0.05, 0) is 25.0 Å². The highest BCUT2D eigenvalue weighted by atomic mass is 16.5. The van der Waals surface area contributed by atoms with Crippen LogP contribution in [0, 0.1) is 6.92 Å². The molecule has 0 aliphatic carbocycles. The molecule has 0 saturated carbocycles. The van der Waals surface area contributed by atoms with Crippen molar-refractivity contribution in [3.63, 3.8) is 0 Å². The molecule has 1 N–H and O–H groups in total. The van der Waals surface area contributed by atoms with Gasteiger partial charge < -0.3 is 10.1 Å². The largest absolute Gasteiger partial charge is 0.464 e. The number of nitrogens with one attached hydrogen (secondary N) is 1. The van der Waals surface area contributed by atoms with Crippen molar-refractivity contribution in [2.75, 3.05) is 13.2 Å². The zero-order valence-corrected chi connectivity index (χ0v) is 17.2. The number of ether oxygens (including phenoxy) is 1. The summed E-state index contributed by atoms with van der Waals surface area (Å²) in [6.07, 6.45) is 0.998. The first-order chi connectivity index (χ1) is 14.4. The fraction of sp³-hybridized carbons (Fsp3) is 0.304. The summed E-state index contributed by atoms with van der Waals surface area (Å²) in [5, 5.41) is 8.10. The SMILES string of the molecule is Cc1ccc(CCC(=O)NCCOC(=O)Cc2nn(C)c(=O)c3ccccc23)cc1. The molecule has 0 radical (unpaired) electrons. The van der Waals surface area contributed by atoms with Crippen LogP contribution in [0.5, 0.6) is 0 Å². The predicted molar refractivity (Wildman–Crippen MR) is 114 cm³/mol. The summed E-state index contributed by atoms with van der Waals surface area (Å²) in [5.41, 5.74) is 2.57. The molecule has 1 amide bonds. The lowest BCUT2D eigenvalue weighted by Crippen LogP contribution is -2.28. The third kappa shape index (κ3) is 5.53. The first-order valence-electron chi connectivity index (χ1n) is 9.87. The number of nitrogens with zero attached hydrogens (tertiary/aromatic N) is 2. The Kier molecular flexibility index (Phi) is 6.95. The van der Waals surface area contributed by atoms with E-state index in [1.54, 1.807) is 31.3 Å². The van der Waals surface area contributed by atoms with Crippen molar-refractivity contribution in [1.29, 1.82) is 0 Å². The number of aromatic nitrogens is 2. The molecule has 0 spiro atoms. The lowest BCUT2D eigenvalue weighted by atomic mass is 10.1. The quantitative estimate of drug-likeness (QED) is 0.456. The highest BCUT2D eigenvalue weighted by molar-refractivity contribution is 5.86. The van der Waals surface area contributed by atoms with Crippen LogP contribution >= 0.6 is 0 Å². The normalized spacial score (nSPS) is 10.7. The number of hydrogen-bond donors (Lipinski definition) is 1. The molecule has 3 rings (SSSR count). The van der Waals surface area contributed by atoms with Crippen LogP contribution in [0.15, 0.2) is 53.3 Å². The Morgan fingerprint density at radius 3 is 2.50 bits per heavy atom. The fourth-order valence-electron chi connectivity index (χ4n) is 3.15. The summed E-state index contributed by atoms with van der Waals surface area (Å²) in [5.74, 6) is -0.544. The van der Waals surface area contributed by atoms with Gasteiger partial charge in [-0.3, -0.25) is 14.4 Å². The lowest BCUT2D eigenvalue weighted by molar-refractivity contribution is -0.143. The second-order valence-corrected chi connectivity index (χ2v) is 7.15. The molecule has 0 fully saturated rings. The molecule has 0 aliphatic heterocycles. The van der Waals surface area contributed by atoms with Crippen LogP contribution in [-0.4, -0.2) is 34.8 Å². The van der Waals surface area contributed by atoms with Gasteiger partial charge in [0.2, 0.25) is 5.91 Å². The van der Waals surface area contributed by atoms with E-state index in [1.807, 2.05) is 31.2 Å². The summed E-state index contributed by atoms with van der Waals surface area (Å²) in [7, 11) is 1.55. The Bertz CT molecular complexity index is 1100. The zero-order chi connectivity index (χ0) is 21.5. The molecule has 156 valence electrons. The number of fused-ring (bicyclic) bond motifs is 1. The van der Waals surface area contributed by atoms with Crippen LogP contribution in [0.2, 0.25) is 0 Å². The van der Waals surface area contributed by atoms with Crippen molar-refractivity contribution in [3.05, 3.63) is 75.7 Å². The molecule has 0 atom stereocenters. The van der Waals surface area contributed by atoms with Crippen LogP contribution in [0.4, 0.5) is 0 Å². The van der Waals surface area contributed by atoms with Crippen molar-refractivity contribution in [2.45, 2.75) is 26.2 Å². The maximum Gasteiger partial charge on any atom is 0.312 e. The van der Waals surface area contributed by atoms with E-state index in [-0.39, 0.29) is 31.0 Å². The molecule has 0 aliphatic rings. The minimum atomic E-state index is -0.458. The summed E-state index contributed by atoms with van der Waals surface area (Å²) < 4.78 is 6.43. The van der Waals surface area contributed by atoms with Crippen LogP contribution in [-0.2, 0) is 34.2 Å². The van der Waals surface area contributed by atoms with E-state index < -0.39 is 5.97 Å². The van der Waals surface area contributed by atoms with E-state index in [2.05, 4.69) is 10.4 Å². The third-order valence-corrected chi connectivity index (χ3v) is 4.79. The number of carbonyl (C=O) groups is 2. The van der Waals surface area contributed by atoms with Crippen molar-refractivity contribution < 1.29 is 14.3 Å². The summed E-state index contributed by atoms with van der Waals surface area (Å²) in [4.78, 5) is 36.3. The predicted octanol–water partition coefficient (Wildman–Crippen LogP) is 2.08. The molecule has 0 unspecified atom stereocenters. The summed E-state index contributed by atoms with van der Waals surface area (Å²) >= 11 is 0. The maximum absolute atomic E-state index is 12.2. The molecule has 30 heavy (non-hydrogen) atoms. The van der Waals surface area contributed by atoms with E-state index in [0.717, 1.165) is 5.56 Å². The molecule has 0 bridgehead atoms. The molecule has 1 heterocycles. The Labute approximate surface area is 174 Å². The van der Waals surface area contributed by atoms with Crippen LogP contribution in [0.25, 0.3) is 10.8 Å². The third-order valence-electron chi connectivity index (χ3n) is 4.79. The maximum atomic E-state index is 12.2. The number of hydrogen-bond acceptors (Lipinski definition) is 5. The fourth-order valence-corrected chi connectivity index (χ4v) is 3.15. The van der Waals surface area contributed by atoms with E-state index in [1.165, 1.54) is 10.2 Å². The molecule has 7 heteroatoms. The van der Waals surface area contributed by atoms with Crippen molar-refractivity contribution in [1.82, 2.24) is 15.1 Å². The number of rotatable bonds is 8. The van der Waals surface area contributed by atoms with Gasteiger partial charge in [-0.2, -0.15) is 5.10 Å². The van der Waals surface area contributed by atoms with Crippen LogP contribution in [0.3, 0.4) is 0 Å². The molecular formula is C23H25N3O4. The number of carbonyl (C=O) groups excluding carboxylic acids is 2. The highest BCUT2D eigenvalue weighted by Gasteiger charge is 2.13. The topological polar surface area (TPSA) is 90.3 Å². The van der Waals surface area contributed by atoms with Gasteiger partial charge in [0, 0.05) is 18.9 Å². The average Bonchev–Trinajstić information content (AvgIpc) is 2.74. The van der Waals surface area contributed by atoms with E-state index in [4.69, 9.17) is 4.74 Å². The van der Waals surface area contributed by atoms with Gasteiger partial charge in [0.15, 0.2) is 0 Å². The summed E-state index contributed by atoms with van der Waals surface area (Å²) in [6, 6.07) is 15.1. The zero-order valence-electron chi connectivity index (χ0n) is 17.2. The minimum absolute atomic E-state index is 0.0456. The van der Waals surface area contributed by atoms with Gasteiger partial charge in [0.05, 0.1) is 24.0 Å². The molecule has 1 aromatic heterocycles. The molecule has 2 aromatic carbocycles. The minimum Gasteiger partial charge on any atom is -0.464 e. The van der Waals surface area contributed by atoms with Gasteiger partial charge in [-0.25, -0.2) is 4.68 Å². The Morgan fingerprint density at radius 1 is 1.07 bits per heavy atom. The first-order valence-corrected chi connectivity index (χ1v) is 9.87. The van der Waals surface area contributed by atoms with E-state index in [0.29, 0.717) is 29.3 Å². The molecule has 7 nitrogen and oxygen atoms in total. The van der Waals surface area contributed by atoms with Crippen molar-refractivity contribution in [3.8, 4) is 0 Å². The summed E-state index contributed by atoms with van der Waals surface area (Å²) in [6.45, 7) is 2.36. The van der Waals surface area contributed by atoms with Crippen molar-refractivity contribution >= 4 is 22.6 Å².